The molecule has 0 unspecified atom stereocenters. The minimum Gasteiger partial charge on any atom is -0.493 e. The third kappa shape index (κ3) is 5.67. The summed E-state index contributed by atoms with van der Waals surface area (Å²) in [5.41, 5.74) is 3.43. The molecule has 0 amide bonds. The van der Waals surface area contributed by atoms with E-state index in [0.29, 0.717) is 6.04 Å². The lowest BCUT2D eigenvalue weighted by molar-refractivity contribution is 0.210. The van der Waals surface area contributed by atoms with Gasteiger partial charge in [0.1, 0.15) is 0 Å². The Balaban J connectivity index is 1.30. The number of nitrogens with zero attached hydrogens (tertiary/aromatic N) is 2. The molecule has 0 bridgehead atoms. The maximum absolute atomic E-state index is 5.95. The first-order valence-electron chi connectivity index (χ1n) is 11.4. The van der Waals surface area contributed by atoms with Crippen molar-refractivity contribution in [3.05, 3.63) is 60.3 Å². The lowest BCUT2D eigenvalue weighted by Gasteiger charge is -2.33. The largest absolute Gasteiger partial charge is 0.493 e. The number of anilines is 1. The van der Waals surface area contributed by atoms with E-state index in [1.54, 1.807) is 7.11 Å². The number of likely N-dealkylation sites (tertiary alicyclic amines) is 1. The van der Waals surface area contributed by atoms with E-state index in [2.05, 4.69) is 58.5 Å². The molecule has 2 aromatic carbocycles. The molecule has 0 saturated carbocycles. The summed E-state index contributed by atoms with van der Waals surface area (Å²) >= 11 is 0. The van der Waals surface area contributed by atoms with E-state index in [-0.39, 0.29) is 0 Å². The van der Waals surface area contributed by atoms with Crippen molar-refractivity contribution in [3.8, 4) is 11.5 Å². The molecule has 1 saturated heterocycles. The molecular weight excluding hydrogens is 386 g/mol. The number of methoxy groups -OCH3 is 1. The molecule has 4 rings (SSSR count). The predicted octanol–water partition coefficient (Wildman–Crippen LogP) is 5.50. The van der Waals surface area contributed by atoms with Crippen molar-refractivity contribution in [1.82, 2.24) is 9.88 Å². The van der Waals surface area contributed by atoms with Crippen molar-refractivity contribution >= 4 is 16.6 Å². The zero-order chi connectivity index (χ0) is 21.5. The quantitative estimate of drug-likeness (QED) is 0.464. The number of nitrogens with one attached hydrogen (secondary N) is 1. The highest BCUT2D eigenvalue weighted by atomic mass is 16.5. The normalized spacial score (nSPS) is 15.2. The van der Waals surface area contributed by atoms with Crippen LogP contribution in [-0.2, 0) is 6.54 Å². The van der Waals surface area contributed by atoms with Crippen LogP contribution in [0.2, 0.25) is 0 Å². The molecule has 1 N–H and O–H groups in total. The Morgan fingerprint density at radius 3 is 2.71 bits per heavy atom. The second-order valence-electron chi connectivity index (χ2n) is 8.30. The SMILES string of the molecule is CCCCOc1cc(CN2CCC(Nc3cnc4ccccc4c3)CC2)ccc1OC. The zero-order valence-corrected chi connectivity index (χ0v) is 18.6. The van der Waals surface area contributed by atoms with Gasteiger partial charge in [-0.1, -0.05) is 37.6 Å². The lowest BCUT2D eigenvalue weighted by atomic mass is 10.0. The van der Waals surface area contributed by atoms with E-state index < -0.39 is 0 Å². The summed E-state index contributed by atoms with van der Waals surface area (Å²) < 4.78 is 11.4. The van der Waals surface area contributed by atoms with Crippen LogP contribution >= 0.6 is 0 Å². The Labute approximate surface area is 185 Å². The Bertz CT molecular complexity index is 983. The number of aromatic nitrogens is 1. The molecule has 164 valence electrons. The van der Waals surface area contributed by atoms with Crippen molar-refractivity contribution in [1.29, 1.82) is 0 Å². The number of benzene rings is 2. The highest BCUT2D eigenvalue weighted by Gasteiger charge is 2.20. The average molecular weight is 420 g/mol. The van der Waals surface area contributed by atoms with Crippen LogP contribution in [0.3, 0.4) is 0 Å². The number of hydrogen-bond donors (Lipinski definition) is 1. The molecule has 1 aliphatic heterocycles. The van der Waals surface area contributed by atoms with E-state index >= 15 is 0 Å². The van der Waals surface area contributed by atoms with Gasteiger partial charge in [-0.2, -0.15) is 0 Å². The van der Waals surface area contributed by atoms with Crippen LogP contribution in [0, 0.1) is 0 Å². The number of unbranched alkanes of at least 4 members (excludes halogenated alkanes) is 1. The third-order valence-corrected chi connectivity index (χ3v) is 5.94. The number of para-hydroxylation sites is 1. The summed E-state index contributed by atoms with van der Waals surface area (Å²) in [6.45, 7) is 6.01. The van der Waals surface area contributed by atoms with Crippen LogP contribution in [0.15, 0.2) is 54.7 Å². The zero-order valence-electron chi connectivity index (χ0n) is 18.6. The van der Waals surface area contributed by atoms with Crippen molar-refractivity contribution in [3.63, 3.8) is 0 Å². The second kappa shape index (κ2) is 10.5. The number of ether oxygens (including phenoxy) is 2. The minimum absolute atomic E-state index is 0.489. The van der Waals surface area contributed by atoms with Gasteiger partial charge in [0.05, 0.1) is 31.1 Å². The first-order valence-corrected chi connectivity index (χ1v) is 11.4. The van der Waals surface area contributed by atoms with E-state index in [4.69, 9.17) is 9.47 Å². The Morgan fingerprint density at radius 2 is 1.90 bits per heavy atom. The molecule has 5 heteroatoms. The van der Waals surface area contributed by atoms with Gasteiger partial charge in [0.15, 0.2) is 11.5 Å². The molecule has 2 heterocycles. The van der Waals surface area contributed by atoms with Crippen LogP contribution in [-0.4, -0.2) is 42.7 Å². The van der Waals surface area contributed by atoms with E-state index in [1.165, 1.54) is 10.9 Å². The van der Waals surface area contributed by atoms with Gasteiger partial charge in [0, 0.05) is 31.1 Å². The summed E-state index contributed by atoms with van der Waals surface area (Å²) in [5.74, 6) is 1.67. The fourth-order valence-corrected chi connectivity index (χ4v) is 4.14. The molecule has 1 aromatic heterocycles. The van der Waals surface area contributed by atoms with E-state index in [1.807, 2.05) is 18.3 Å². The number of hydrogen-bond acceptors (Lipinski definition) is 5. The average Bonchev–Trinajstić information content (AvgIpc) is 2.81. The fraction of sp³-hybridized carbons (Fsp3) is 0.423. The Hall–Kier alpha value is -2.79. The maximum Gasteiger partial charge on any atom is 0.161 e. The maximum atomic E-state index is 5.95. The van der Waals surface area contributed by atoms with Gasteiger partial charge in [-0.25, -0.2) is 0 Å². The molecule has 1 fully saturated rings. The van der Waals surface area contributed by atoms with E-state index in [9.17, 15) is 0 Å². The van der Waals surface area contributed by atoms with Crippen molar-refractivity contribution in [2.75, 3.05) is 32.1 Å². The Kier molecular flexibility index (Phi) is 7.26. The molecule has 0 aliphatic carbocycles. The summed E-state index contributed by atoms with van der Waals surface area (Å²) in [6, 6.07) is 17.3. The van der Waals surface area contributed by atoms with Crippen molar-refractivity contribution in [2.45, 2.75) is 45.2 Å². The van der Waals surface area contributed by atoms with Crippen molar-refractivity contribution < 1.29 is 9.47 Å². The standard InChI is InChI=1S/C26H33N3O2/c1-3-4-15-31-26-16-20(9-10-25(26)30-2)19-29-13-11-22(12-14-29)28-23-17-21-7-5-6-8-24(21)27-18-23/h5-10,16-18,22,28H,3-4,11-15,19H2,1-2H3. The summed E-state index contributed by atoms with van der Waals surface area (Å²) in [5, 5.41) is 4.87. The van der Waals surface area contributed by atoms with E-state index in [0.717, 1.165) is 74.6 Å². The summed E-state index contributed by atoms with van der Waals surface area (Å²) in [6.07, 6.45) is 6.39. The number of fused-ring (bicyclic) bond motifs is 1. The second-order valence-corrected chi connectivity index (χ2v) is 8.30. The van der Waals surface area contributed by atoms with Crippen LogP contribution < -0.4 is 14.8 Å². The van der Waals surface area contributed by atoms with Crippen LogP contribution in [0.4, 0.5) is 5.69 Å². The fourth-order valence-electron chi connectivity index (χ4n) is 4.14. The van der Waals surface area contributed by atoms with Crippen molar-refractivity contribution in [2.24, 2.45) is 0 Å². The molecule has 0 radical (unpaired) electrons. The number of pyridine rings is 1. The van der Waals surface area contributed by atoms with Gasteiger partial charge < -0.3 is 14.8 Å². The van der Waals surface area contributed by atoms with Gasteiger partial charge in [-0.15, -0.1) is 0 Å². The number of piperidine rings is 1. The summed E-state index contributed by atoms with van der Waals surface area (Å²) in [7, 11) is 1.70. The lowest BCUT2D eigenvalue weighted by Crippen LogP contribution is -2.38. The molecule has 5 nitrogen and oxygen atoms in total. The molecular formula is C26H33N3O2. The van der Waals surface area contributed by atoms with Crippen LogP contribution in [0.5, 0.6) is 11.5 Å². The first-order chi connectivity index (χ1) is 15.2. The highest BCUT2D eigenvalue weighted by Crippen LogP contribution is 2.29. The Morgan fingerprint density at radius 1 is 1.06 bits per heavy atom. The smallest absolute Gasteiger partial charge is 0.161 e. The van der Waals surface area contributed by atoms with Crippen LogP contribution in [0.1, 0.15) is 38.2 Å². The van der Waals surface area contributed by atoms with Crippen LogP contribution in [0.25, 0.3) is 10.9 Å². The van der Waals surface area contributed by atoms with Gasteiger partial charge in [-0.3, -0.25) is 9.88 Å². The topological polar surface area (TPSA) is 46.6 Å². The molecule has 1 aliphatic rings. The molecule has 3 aromatic rings. The third-order valence-electron chi connectivity index (χ3n) is 5.94. The molecule has 0 atom stereocenters. The highest BCUT2D eigenvalue weighted by molar-refractivity contribution is 5.81. The van der Waals surface area contributed by atoms with Gasteiger partial charge in [-0.05, 0) is 49.1 Å². The van der Waals surface area contributed by atoms with Gasteiger partial charge in [0.25, 0.3) is 0 Å². The van der Waals surface area contributed by atoms with Gasteiger partial charge in [0.2, 0.25) is 0 Å². The first kappa shape index (κ1) is 21.4. The minimum atomic E-state index is 0.489. The molecule has 31 heavy (non-hydrogen) atoms. The predicted molar refractivity (Wildman–Crippen MR) is 127 cm³/mol. The number of rotatable bonds is 9. The monoisotopic (exact) mass is 419 g/mol. The summed E-state index contributed by atoms with van der Waals surface area (Å²) in [4.78, 5) is 7.09. The molecule has 0 spiro atoms. The van der Waals surface area contributed by atoms with Gasteiger partial charge >= 0.3 is 0 Å².